The van der Waals surface area contributed by atoms with E-state index < -0.39 is 18.4 Å². The van der Waals surface area contributed by atoms with Crippen LogP contribution < -0.4 is 5.32 Å². The summed E-state index contributed by atoms with van der Waals surface area (Å²) in [6.45, 7) is -0.709. The largest absolute Gasteiger partial charge is 0.387 e. The van der Waals surface area contributed by atoms with Gasteiger partial charge in [0.25, 0.3) is 11.8 Å². The zero-order valence-electron chi connectivity index (χ0n) is 7.16. The normalized spacial score (nSPS) is 9.57. The van der Waals surface area contributed by atoms with Crippen LogP contribution in [0.25, 0.3) is 0 Å². The van der Waals surface area contributed by atoms with Gasteiger partial charge in [0.2, 0.25) is 0 Å². The second-order valence-corrected chi connectivity index (χ2v) is 2.98. The molecule has 0 aliphatic carbocycles. The number of hydrogen-bond acceptors (Lipinski definition) is 3. The topological polar surface area (TPSA) is 66.4 Å². The summed E-state index contributed by atoms with van der Waals surface area (Å²) in [5.41, 5.74) is 0.316. The molecular formula is C9H8ClNO3. The van der Waals surface area contributed by atoms with Crippen molar-refractivity contribution in [3.05, 3.63) is 34.9 Å². The first-order valence-electron chi connectivity index (χ1n) is 3.84. The third-order valence-electron chi connectivity index (χ3n) is 1.50. The van der Waals surface area contributed by atoms with E-state index in [1.54, 1.807) is 12.1 Å². The number of carbonyl (C=O) groups excluding carboxylic acids is 2. The van der Waals surface area contributed by atoms with E-state index in [0.717, 1.165) is 0 Å². The van der Waals surface area contributed by atoms with Crippen molar-refractivity contribution in [2.45, 2.75) is 0 Å². The molecule has 0 spiro atoms. The van der Waals surface area contributed by atoms with E-state index in [1.165, 1.54) is 12.1 Å². The SMILES string of the molecule is O=C(CO)NC(=O)c1ccc(Cl)cc1. The quantitative estimate of drug-likeness (QED) is 0.756. The Morgan fingerprint density at radius 2 is 1.86 bits per heavy atom. The molecule has 0 radical (unpaired) electrons. The highest BCUT2D eigenvalue weighted by Gasteiger charge is 2.08. The number of imide groups is 1. The second kappa shape index (κ2) is 4.74. The molecule has 1 aromatic carbocycles. The van der Waals surface area contributed by atoms with Crippen LogP contribution in [-0.4, -0.2) is 23.5 Å². The van der Waals surface area contributed by atoms with Crippen molar-refractivity contribution in [1.29, 1.82) is 0 Å². The van der Waals surface area contributed by atoms with Crippen LogP contribution in [0.5, 0.6) is 0 Å². The number of benzene rings is 1. The predicted octanol–water partition coefficient (Wildman–Crippen LogP) is 0.589. The first-order valence-corrected chi connectivity index (χ1v) is 4.22. The molecule has 0 unspecified atom stereocenters. The van der Waals surface area contributed by atoms with Gasteiger partial charge in [-0.3, -0.25) is 14.9 Å². The van der Waals surface area contributed by atoms with Gasteiger partial charge in [0.15, 0.2) is 0 Å². The number of halogens is 1. The Balaban J connectivity index is 2.70. The van der Waals surface area contributed by atoms with Gasteiger partial charge in [-0.05, 0) is 24.3 Å². The second-order valence-electron chi connectivity index (χ2n) is 2.54. The Labute approximate surface area is 85.5 Å². The molecule has 0 heterocycles. The van der Waals surface area contributed by atoms with Crippen LogP contribution in [-0.2, 0) is 4.79 Å². The van der Waals surface area contributed by atoms with E-state index in [9.17, 15) is 9.59 Å². The van der Waals surface area contributed by atoms with E-state index in [4.69, 9.17) is 16.7 Å². The van der Waals surface area contributed by atoms with E-state index in [2.05, 4.69) is 0 Å². The maximum atomic E-state index is 11.2. The number of carbonyl (C=O) groups is 2. The summed E-state index contributed by atoms with van der Waals surface area (Å²) in [5, 5.41) is 10.9. The lowest BCUT2D eigenvalue weighted by Gasteiger charge is -2.01. The van der Waals surface area contributed by atoms with Crippen molar-refractivity contribution in [1.82, 2.24) is 5.32 Å². The van der Waals surface area contributed by atoms with Crippen molar-refractivity contribution >= 4 is 23.4 Å². The Bertz CT molecular complexity index is 348. The van der Waals surface area contributed by atoms with Gasteiger partial charge in [0.05, 0.1) is 0 Å². The van der Waals surface area contributed by atoms with Crippen molar-refractivity contribution in [2.75, 3.05) is 6.61 Å². The van der Waals surface area contributed by atoms with Crippen molar-refractivity contribution in [3.63, 3.8) is 0 Å². The Morgan fingerprint density at radius 1 is 1.29 bits per heavy atom. The van der Waals surface area contributed by atoms with Gasteiger partial charge >= 0.3 is 0 Å². The van der Waals surface area contributed by atoms with Crippen molar-refractivity contribution < 1.29 is 14.7 Å². The van der Waals surface area contributed by atoms with Gasteiger partial charge in [-0.25, -0.2) is 0 Å². The molecule has 0 bridgehead atoms. The number of aliphatic hydroxyl groups excluding tert-OH is 1. The van der Waals surface area contributed by atoms with Gasteiger partial charge in [0.1, 0.15) is 6.61 Å². The van der Waals surface area contributed by atoms with E-state index in [-0.39, 0.29) is 0 Å². The summed E-state index contributed by atoms with van der Waals surface area (Å²) in [4.78, 5) is 21.9. The molecule has 0 fully saturated rings. The molecule has 4 nitrogen and oxygen atoms in total. The van der Waals surface area contributed by atoms with Crippen molar-refractivity contribution in [2.24, 2.45) is 0 Å². The van der Waals surface area contributed by atoms with Gasteiger partial charge in [0, 0.05) is 10.6 Å². The van der Waals surface area contributed by atoms with Gasteiger partial charge in [-0.2, -0.15) is 0 Å². The molecule has 2 N–H and O–H groups in total. The maximum Gasteiger partial charge on any atom is 0.257 e. The summed E-state index contributed by atoms with van der Waals surface area (Å²) >= 11 is 5.61. The average Bonchev–Trinajstić information content (AvgIpc) is 2.18. The van der Waals surface area contributed by atoms with Crippen LogP contribution >= 0.6 is 11.6 Å². The van der Waals surface area contributed by atoms with Crippen LogP contribution in [0.4, 0.5) is 0 Å². The predicted molar refractivity (Wildman–Crippen MR) is 51.0 cm³/mol. The third-order valence-corrected chi connectivity index (χ3v) is 1.75. The van der Waals surface area contributed by atoms with Gasteiger partial charge in [-0.1, -0.05) is 11.6 Å². The van der Waals surface area contributed by atoms with Crippen LogP contribution in [0.2, 0.25) is 5.02 Å². The maximum absolute atomic E-state index is 11.2. The monoisotopic (exact) mass is 213 g/mol. The molecular weight excluding hydrogens is 206 g/mol. The van der Waals surface area contributed by atoms with Crippen LogP contribution in [0.3, 0.4) is 0 Å². The molecule has 1 rings (SSSR count). The summed E-state index contributed by atoms with van der Waals surface area (Å²) in [5.74, 6) is -1.29. The molecule has 14 heavy (non-hydrogen) atoms. The van der Waals surface area contributed by atoms with Crippen LogP contribution in [0, 0.1) is 0 Å². The Kier molecular flexibility index (Phi) is 3.62. The fraction of sp³-hybridized carbons (Fsp3) is 0.111. The number of nitrogens with one attached hydrogen (secondary N) is 1. The van der Waals surface area contributed by atoms with Gasteiger partial charge in [-0.15, -0.1) is 0 Å². The fourth-order valence-electron chi connectivity index (χ4n) is 0.840. The minimum Gasteiger partial charge on any atom is -0.387 e. The highest BCUT2D eigenvalue weighted by Crippen LogP contribution is 2.09. The summed E-state index contributed by atoms with van der Waals surface area (Å²) in [7, 11) is 0. The zero-order chi connectivity index (χ0) is 10.6. The fourth-order valence-corrected chi connectivity index (χ4v) is 0.966. The first kappa shape index (κ1) is 10.7. The Hall–Kier alpha value is -1.39. The molecule has 74 valence electrons. The van der Waals surface area contributed by atoms with E-state index in [0.29, 0.717) is 10.6 Å². The lowest BCUT2D eigenvalue weighted by Crippen LogP contribution is -2.32. The van der Waals surface area contributed by atoms with Crippen LogP contribution in [0.1, 0.15) is 10.4 Å². The molecule has 5 heteroatoms. The van der Waals surface area contributed by atoms with E-state index >= 15 is 0 Å². The number of hydrogen-bond donors (Lipinski definition) is 2. The average molecular weight is 214 g/mol. The summed E-state index contributed by atoms with van der Waals surface area (Å²) in [6.07, 6.45) is 0. The molecule has 0 atom stereocenters. The lowest BCUT2D eigenvalue weighted by molar-refractivity contribution is -0.122. The molecule has 1 aromatic rings. The van der Waals surface area contributed by atoms with Crippen molar-refractivity contribution in [3.8, 4) is 0 Å². The molecule has 0 aliphatic rings. The number of aliphatic hydroxyl groups is 1. The van der Waals surface area contributed by atoms with E-state index in [1.807, 2.05) is 5.32 Å². The summed E-state index contributed by atoms with van der Waals surface area (Å²) < 4.78 is 0. The molecule has 0 saturated heterocycles. The zero-order valence-corrected chi connectivity index (χ0v) is 7.91. The highest BCUT2D eigenvalue weighted by molar-refractivity contribution is 6.30. The third kappa shape index (κ3) is 2.83. The Morgan fingerprint density at radius 3 is 2.36 bits per heavy atom. The van der Waals surface area contributed by atoms with Crippen LogP contribution in [0.15, 0.2) is 24.3 Å². The van der Waals surface area contributed by atoms with Gasteiger partial charge < -0.3 is 5.11 Å². The lowest BCUT2D eigenvalue weighted by atomic mass is 10.2. The minimum atomic E-state index is -0.732. The summed E-state index contributed by atoms with van der Waals surface area (Å²) in [6, 6.07) is 6.06. The standard InChI is InChI=1S/C9H8ClNO3/c10-7-3-1-6(2-4-7)9(14)11-8(13)5-12/h1-4,12H,5H2,(H,11,13,14). The number of rotatable bonds is 2. The minimum absolute atomic E-state index is 0.316. The molecule has 0 saturated carbocycles. The highest BCUT2D eigenvalue weighted by atomic mass is 35.5. The smallest absolute Gasteiger partial charge is 0.257 e. The molecule has 0 aromatic heterocycles. The first-order chi connectivity index (χ1) is 6.63. The molecule has 2 amide bonds. The number of amides is 2. The molecule has 0 aliphatic heterocycles.